The first-order valence-corrected chi connectivity index (χ1v) is 7.94. The smallest absolute Gasteiger partial charge is 0.303 e. The highest BCUT2D eigenvalue weighted by molar-refractivity contribution is 6.12. The molecule has 2 heterocycles. The van der Waals surface area contributed by atoms with Gasteiger partial charge in [0.15, 0.2) is 0 Å². The zero-order valence-electron chi connectivity index (χ0n) is 13.2. The van der Waals surface area contributed by atoms with Gasteiger partial charge in [0.05, 0.1) is 5.56 Å². The summed E-state index contributed by atoms with van der Waals surface area (Å²) >= 11 is 0. The van der Waals surface area contributed by atoms with Crippen molar-refractivity contribution < 1.29 is 14.7 Å². The van der Waals surface area contributed by atoms with Gasteiger partial charge in [0.2, 0.25) is 0 Å². The summed E-state index contributed by atoms with van der Waals surface area (Å²) in [7, 11) is 0. The number of carboxylic acid groups (broad SMARTS) is 1. The molecule has 24 heavy (non-hydrogen) atoms. The van der Waals surface area contributed by atoms with E-state index >= 15 is 0 Å². The minimum Gasteiger partial charge on any atom is -0.481 e. The van der Waals surface area contributed by atoms with Gasteiger partial charge < -0.3 is 10.4 Å². The number of unbranched alkanes of at least 4 members (excludes halogenated alkanes) is 2. The minimum absolute atomic E-state index is 0.167. The highest BCUT2D eigenvalue weighted by Gasteiger charge is 2.22. The summed E-state index contributed by atoms with van der Waals surface area (Å²) < 4.78 is 0. The molecule has 0 saturated heterocycles. The maximum absolute atomic E-state index is 12.4. The third-order valence-corrected chi connectivity index (χ3v) is 4.01. The summed E-state index contributed by atoms with van der Waals surface area (Å²) in [6.45, 7) is 0. The standard InChI is InChI=1S/C19H18N2O3/c22-18(23)9-3-1-2-6-13-14-10-11-20-12-16(14)19(24)21-17-8-5-4-7-15(13)17/h4-8,10-12H,1-3,9H2,(H,21,24)(H,22,23). The van der Waals surface area contributed by atoms with Crippen LogP contribution in [0.15, 0.2) is 48.8 Å². The van der Waals surface area contributed by atoms with Crippen molar-refractivity contribution in [1.29, 1.82) is 0 Å². The Balaban J connectivity index is 1.96. The van der Waals surface area contributed by atoms with Crippen LogP contribution in [-0.4, -0.2) is 22.0 Å². The first-order valence-electron chi connectivity index (χ1n) is 7.94. The first-order chi connectivity index (χ1) is 11.7. The molecule has 5 nitrogen and oxygen atoms in total. The number of fused-ring (bicyclic) bond motifs is 2. The fourth-order valence-electron chi connectivity index (χ4n) is 2.86. The van der Waals surface area contributed by atoms with Crippen LogP contribution in [0.25, 0.3) is 5.57 Å². The lowest BCUT2D eigenvalue weighted by molar-refractivity contribution is -0.137. The Morgan fingerprint density at radius 1 is 1.12 bits per heavy atom. The van der Waals surface area contributed by atoms with Gasteiger partial charge in [-0.3, -0.25) is 14.6 Å². The Hall–Kier alpha value is -2.95. The number of aliphatic carboxylic acids is 1. The normalized spacial score (nSPS) is 14.5. The Morgan fingerprint density at radius 2 is 1.96 bits per heavy atom. The van der Waals surface area contributed by atoms with Crippen LogP contribution >= 0.6 is 0 Å². The van der Waals surface area contributed by atoms with Gasteiger partial charge in [-0.25, -0.2) is 0 Å². The Labute approximate surface area is 140 Å². The molecule has 0 unspecified atom stereocenters. The summed E-state index contributed by atoms with van der Waals surface area (Å²) in [6.07, 6.45) is 7.71. The molecule has 1 aliphatic heterocycles. The van der Waals surface area contributed by atoms with Crippen LogP contribution in [-0.2, 0) is 4.79 Å². The quantitative estimate of drug-likeness (QED) is 0.822. The molecule has 0 radical (unpaired) electrons. The highest BCUT2D eigenvalue weighted by atomic mass is 16.4. The number of para-hydroxylation sites is 1. The maximum atomic E-state index is 12.4. The number of carbonyl (C=O) groups excluding carboxylic acids is 1. The molecule has 0 bridgehead atoms. The largest absolute Gasteiger partial charge is 0.481 e. The number of allylic oxidation sites excluding steroid dienone is 1. The van der Waals surface area contributed by atoms with Gasteiger partial charge in [-0.1, -0.05) is 24.3 Å². The summed E-state index contributed by atoms with van der Waals surface area (Å²) in [6, 6.07) is 9.53. The second-order valence-electron chi connectivity index (χ2n) is 5.68. The van der Waals surface area contributed by atoms with Crippen molar-refractivity contribution in [1.82, 2.24) is 4.98 Å². The molecule has 1 aromatic carbocycles. The maximum Gasteiger partial charge on any atom is 0.303 e. The van der Waals surface area contributed by atoms with E-state index in [-0.39, 0.29) is 12.3 Å². The number of nitrogens with zero attached hydrogens (tertiary/aromatic N) is 1. The van der Waals surface area contributed by atoms with Crippen molar-refractivity contribution in [3.05, 3.63) is 65.5 Å². The van der Waals surface area contributed by atoms with Gasteiger partial charge in [0.25, 0.3) is 5.91 Å². The van der Waals surface area contributed by atoms with Crippen molar-refractivity contribution in [3.63, 3.8) is 0 Å². The lowest BCUT2D eigenvalue weighted by atomic mass is 9.94. The lowest BCUT2D eigenvalue weighted by Crippen LogP contribution is -2.11. The predicted octanol–water partition coefficient (Wildman–Crippen LogP) is 3.72. The van der Waals surface area contributed by atoms with Crippen LogP contribution in [0.4, 0.5) is 5.69 Å². The van der Waals surface area contributed by atoms with E-state index in [0.29, 0.717) is 12.0 Å². The van der Waals surface area contributed by atoms with Gasteiger partial charge in [0, 0.05) is 30.1 Å². The number of hydrogen-bond donors (Lipinski definition) is 2. The SMILES string of the molecule is O=C(O)CCCCC=C1c2ccccc2NC(=O)c2cnccc21. The van der Waals surface area contributed by atoms with E-state index in [1.807, 2.05) is 30.3 Å². The van der Waals surface area contributed by atoms with Crippen LogP contribution in [0, 0.1) is 0 Å². The molecule has 1 aromatic heterocycles. The number of amides is 1. The van der Waals surface area contributed by atoms with Gasteiger partial charge >= 0.3 is 5.97 Å². The average molecular weight is 322 g/mol. The molecular formula is C19H18N2O3. The van der Waals surface area contributed by atoms with E-state index in [1.54, 1.807) is 12.4 Å². The Bertz CT molecular complexity index is 812. The molecule has 0 spiro atoms. The van der Waals surface area contributed by atoms with E-state index in [9.17, 15) is 9.59 Å². The second-order valence-corrected chi connectivity index (χ2v) is 5.68. The number of pyridine rings is 1. The van der Waals surface area contributed by atoms with Crippen molar-refractivity contribution in [3.8, 4) is 0 Å². The number of hydrogen-bond acceptors (Lipinski definition) is 3. The van der Waals surface area contributed by atoms with Gasteiger partial charge in [-0.2, -0.15) is 0 Å². The summed E-state index contributed by atoms with van der Waals surface area (Å²) in [4.78, 5) is 27.1. The zero-order chi connectivity index (χ0) is 16.9. The van der Waals surface area contributed by atoms with Crippen LogP contribution < -0.4 is 5.32 Å². The van der Waals surface area contributed by atoms with Crippen LogP contribution in [0.2, 0.25) is 0 Å². The number of benzene rings is 1. The number of nitrogens with one attached hydrogen (secondary N) is 1. The monoisotopic (exact) mass is 322 g/mol. The van der Waals surface area contributed by atoms with Gasteiger partial charge in [-0.05, 0) is 42.5 Å². The number of carbonyl (C=O) groups is 2. The van der Waals surface area contributed by atoms with E-state index in [1.165, 1.54) is 0 Å². The minimum atomic E-state index is -0.770. The number of carboxylic acids is 1. The highest BCUT2D eigenvalue weighted by Crippen LogP contribution is 2.35. The molecule has 5 heteroatoms. The van der Waals surface area contributed by atoms with E-state index in [0.717, 1.165) is 35.2 Å². The van der Waals surface area contributed by atoms with Crippen LogP contribution in [0.5, 0.6) is 0 Å². The van der Waals surface area contributed by atoms with Crippen molar-refractivity contribution in [2.75, 3.05) is 5.32 Å². The molecule has 0 fully saturated rings. The van der Waals surface area contributed by atoms with Crippen molar-refractivity contribution in [2.24, 2.45) is 0 Å². The second kappa shape index (κ2) is 7.08. The predicted molar refractivity (Wildman–Crippen MR) is 91.8 cm³/mol. The van der Waals surface area contributed by atoms with Crippen molar-refractivity contribution in [2.45, 2.75) is 25.7 Å². The molecule has 2 aromatic rings. The van der Waals surface area contributed by atoms with E-state index in [4.69, 9.17) is 5.11 Å². The molecule has 0 saturated carbocycles. The molecule has 122 valence electrons. The fraction of sp³-hybridized carbons (Fsp3) is 0.211. The summed E-state index contributed by atoms with van der Waals surface area (Å²) in [5, 5.41) is 11.6. The van der Waals surface area contributed by atoms with E-state index < -0.39 is 5.97 Å². The van der Waals surface area contributed by atoms with Crippen molar-refractivity contribution >= 4 is 23.1 Å². The zero-order valence-corrected chi connectivity index (χ0v) is 13.2. The fourth-order valence-corrected chi connectivity index (χ4v) is 2.86. The summed E-state index contributed by atoms with van der Waals surface area (Å²) in [5.74, 6) is -0.937. The van der Waals surface area contributed by atoms with Crippen LogP contribution in [0.1, 0.15) is 47.2 Å². The molecule has 2 N–H and O–H groups in total. The Kier molecular flexibility index (Phi) is 4.70. The molecule has 0 aliphatic carbocycles. The first kappa shape index (κ1) is 15.9. The summed E-state index contributed by atoms with van der Waals surface area (Å²) in [5.41, 5.74) is 4.12. The lowest BCUT2D eigenvalue weighted by Gasteiger charge is -2.10. The number of anilines is 1. The van der Waals surface area contributed by atoms with Gasteiger partial charge in [0.1, 0.15) is 0 Å². The topological polar surface area (TPSA) is 79.3 Å². The molecule has 1 aliphatic rings. The molecule has 3 rings (SSSR count). The number of rotatable bonds is 5. The third kappa shape index (κ3) is 3.35. The molecular weight excluding hydrogens is 304 g/mol. The van der Waals surface area contributed by atoms with Crippen LogP contribution in [0.3, 0.4) is 0 Å². The average Bonchev–Trinajstić information content (AvgIpc) is 2.70. The molecule has 1 amide bonds. The third-order valence-electron chi connectivity index (χ3n) is 4.01. The van der Waals surface area contributed by atoms with E-state index in [2.05, 4.69) is 16.4 Å². The molecule has 0 atom stereocenters. The van der Waals surface area contributed by atoms with Gasteiger partial charge in [-0.15, -0.1) is 0 Å². The number of aromatic nitrogens is 1. The Morgan fingerprint density at radius 3 is 2.79 bits per heavy atom.